The summed E-state index contributed by atoms with van der Waals surface area (Å²) in [6.45, 7) is 1.69. The van der Waals surface area contributed by atoms with Crippen LogP contribution in [-0.2, 0) is 4.79 Å². The summed E-state index contributed by atoms with van der Waals surface area (Å²) in [6, 6.07) is 0.180. The molecule has 1 saturated heterocycles. The van der Waals surface area contributed by atoms with Gasteiger partial charge in [0.1, 0.15) is 0 Å². The average Bonchev–Trinajstić information content (AvgIpc) is 2.13. The highest BCUT2D eigenvalue weighted by molar-refractivity contribution is 5.85. The normalized spacial score (nSPS) is 22.6. The van der Waals surface area contributed by atoms with Gasteiger partial charge < -0.3 is 10.8 Å². The Morgan fingerprint density at radius 1 is 1.58 bits per heavy atom. The molecule has 0 spiro atoms. The number of nitrogens with two attached hydrogens (primary N) is 1. The molecule has 0 aliphatic carbocycles. The van der Waals surface area contributed by atoms with Gasteiger partial charge in [-0.25, -0.2) is 0 Å². The van der Waals surface area contributed by atoms with Crippen LogP contribution in [0.15, 0.2) is 0 Å². The van der Waals surface area contributed by atoms with Crippen LogP contribution < -0.4 is 5.73 Å². The zero-order valence-corrected chi connectivity index (χ0v) is 8.24. The van der Waals surface area contributed by atoms with Gasteiger partial charge in [-0.2, -0.15) is 0 Å². The van der Waals surface area contributed by atoms with Gasteiger partial charge in [0, 0.05) is 19.1 Å². The van der Waals surface area contributed by atoms with Crippen molar-refractivity contribution < 1.29 is 9.90 Å². The summed E-state index contributed by atoms with van der Waals surface area (Å²) in [4.78, 5) is 12.0. The van der Waals surface area contributed by atoms with Gasteiger partial charge in [0.15, 0.2) is 0 Å². The Kier molecular flexibility index (Phi) is 7.83. The smallest absolute Gasteiger partial charge is 0.317 e. The van der Waals surface area contributed by atoms with Crippen LogP contribution in [0.5, 0.6) is 0 Å². The van der Waals surface area contributed by atoms with E-state index >= 15 is 0 Å². The molecule has 0 saturated carbocycles. The molecule has 1 heterocycles. The minimum atomic E-state index is -0.769. The lowest BCUT2D eigenvalue weighted by Crippen LogP contribution is -2.30. The summed E-state index contributed by atoms with van der Waals surface area (Å²) in [6.07, 6.45) is 0.924. The van der Waals surface area contributed by atoms with Crippen molar-refractivity contribution in [1.29, 1.82) is 0 Å². The zero-order chi connectivity index (χ0) is 7.56. The molecule has 1 fully saturated rings. The molecule has 1 unspecified atom stereocenters. The fourth-order valence-electron chi connectivity index (χ4n) is 1.20. The van der Waals surface area contributed by atoms with E-state index in [1.165, 1.54) is 0 Å². The molecule has 0 bridgehead atoms. The minimum absolute atomic E-state index is 0. The van der Waals surface area contributed by atoms with Crippen molar-refractivity contribution in [2.75, 3.05) is 19.6 Å². The zero-order valence-electron chi connectivity index (χ0n) is 6.60. The molecule has 0 radical (unpaired) electrons. The summed E-state index contributed by atoms with van der Waals surface area (Å²) in [5, 5.41) is 8.38. The van der Waals surface area contributed by atoms with E-state index in [0.29, 0.717) is 0 Å². The maximum Gasteiger partial charge on any atom is 0.317 e. The van der Waals surface area contributed by atoms with Crippen LogP contribution in [0.25, 0.3) is 0 Å². The maximum absolute atomic E-state index is 10.2. The van der Waals surface area contributed by atoms with Crippen molar-refractivity contribution in [2.45, 2.75) is 12.5 Å². The number of rotatable bonds is 2. The van der Waals surface area contributed by atoms with Crippen molar-refractivity contribution in [1.82, 2.24) is 4.90 Å². The highest BCUT2D eigenvalue weighted by Crippen LogP contribution is 2.05. The van der Waals surface area contributed by atoms with E-state index in [-0.39, 0.29) is 37.4 Å². The van der Waals surface area contributed by atoms with Gasteiger partial charge in [-0.1, -0.05) is 0 Å². The molecule has 74 valence electrons. The topological polar surface area (TPSA) is 66.6 Å². The van der Waals surface area contributed by atoms with Crippen molar-refractivity contribution >= 4 is 30.8 Å². The Morgan fingerprint density at radius 2 is 2.17 bits per heavy atom. The van der Waals surface area contributed by atoms with Crippen LogP contribution in [0.3, 0.4) is 0 Å². The number of carbonyl (C=O) groups is 1. The van der Waals surface area contributed by atoms with Crippen LogP contribution in [0.1, 0.15) is 6.42 Å². The van der Waals surface area contributed by atoms with E-state index in [9.17, 15) is 4.79 Å². The number of nitrogens with zero attached hydrogens (tertiary/aromatic N) is 1. The number of hydrogen-bond acceptors (Lipinski definition) is 3. The van der Waals surface area contributed by atoms with Gasteiger partial charge in [0.25, 0.3) is 0 Å². The van der Waals surface area contributed by atoms with Crippen LogP contribution >= 0.6 is 24.8 Å². The van der Waals surface area contributed by atoms with E-state index in [1.807, 2.05) is 4.90 Å². The highest BCUT2D eigenvalue weighted by Gasteiger charge is 2.20. The fourth-order valence-corrected chi connectivity index (χ4v) is 1.20. The van der Waals surface area contributed by atoms with Gasteiger partial charge in [0.2, 0.25) is 0 Å². The summed E-state index contributed by atoms with van der Waals surface area (Å²) in [7, 11) is 0. The van der Waals surface area contributed by atoms with E-state index < -0.39 is 5.97 Å². The van der Waals surface area contributed by atoms with Crippen molar-refractivity contribution in [3.8, 4) is 0 Å². The fraction of sp³-hybridized carbons (Fsp3) is 0.833. The first-order chi connectivity index (χ1) is 4.68. The highest BCUT2D eigenvalue weighted by atomic mass is 35.5. The molecular formula is C6H14Cl2N2O2. The molecular weight excluding hydrogens is 203 g/mol. The van der Waals surface area contributed by atoms with Crippen LogP contribution in [-0.4, -0.2) is 41.7 Å². The second-order valence-electron chi connectivity index (χ2n) is 2.68. The summed E-state index contributed by atoms with van der Waals surface area (Å²) in [5.41, 5.74) is 5.57. The average molecular weight is 217 g/mol. The standard InChI is InChI=1S/C6H12N2O2.2ClH/c7-5-1-2-8(3-5)4-6(9)10;;/h5H,1-4,7H2,(H,9,10);2*1H. The van der Waals surface area contributed by atoms with Crippen LogP contribution in [0, 0.1) is 0 Å². The van der Waals surface area contributed by atoms with Crippen LogP contribution in [0.4, 0.5) is 0 Å². The third-order valence-corrected chi connectivity index (χ3v) is 1.67. The number of aliphatic carboxylic acids is 1. The molecule has 4 nitrogen and oxygen atoms in total. The van der Waals surface area contributed by atoms with Crippen LogP contribution in [0.2, 0.25) is 0 Å². The van der Waals surface area contributed by atoms with Crippen molar-refractivity contribution in [3.63, 3.8) is 0 Å². The first-order valence-electron chi connectivity index (χ1n) is 3.38. The molecule has 3 N–H and O–H groups in total. The maximum atomic E-state index is 10.2. The van der Waals surface area contributed by atoms with Gasteiger partial charge in [0.05, 0.1) is 6.54 Å². The lowest BCUT2D eigenvalue weighted by Gasteiger charge is -2.10. The molecule has 0 aromatic heterocycles. The molecule has 12 heavy (non-hydrogen) atoms. The molecule has 1 atom stereocenters. The molecule has 1 rings (SSSR count). The number of hydrogen-bond donors (Lipinski definition) is 2. The first kappa shape index (κ1) is 14.5. The predicted octanol–water partition coefficient (Wildman–Crippen LogP) is -0.0524. The SMILES string of the molecule is Cl.Cl.NC1CCN(CC(=O)O)C1. The number of carboxylic acid groups (broad SMARTS) is 1. The monoisotopic (exact) mass is 216 g/mol. The van der Waals surface area contributed by atoms with E-state index in [4.69, 9.17) is 10.8 Å². The number of carboxylic acids is 1. The van der Waals surface area contributed by atoms with Gasteiger partial charge in [-0.05, 0) is 6.42 Å². The summed E-state index contributed by atoms with van der Waals surface area (Å²) in [5.74, 6) is -0.769. The second kappa shape index (κ2) is 6.48. The second-order valence-corrected chi connectivity index (χ2v) is 2.68. The molecule has 6 heteroatoms. The van der Waals surface area contributed by atoms with E-state index in [2.05, 4.69) is 0 Å². The van der Waals surface area contributed by atoms with Crippen molar-refractivity contribution in [3.05, 3.63) is 0 Å². The quantitative estimate of drug-likeness (QED) is 0.680. The molecule has 0 amide bonds. The third-order valence-electron chi connectivity index (χ3n) is 1.67. The Balaban J connectivity index is 0. The first-order valence-corrected chi connectivity index (χ1v) is 3.38. The Morgan fingerprint density at radius 3 is 2.50 bits per heavy atom. The predicted molar refractivity (Wildman–Crippen MR) is 51.2 cm³/mol. The van der Waals surface area contributed by atoms with E-state index in [0.717, 1.165) is 19.5 Å². The summed E-state index contributed by atoms with van der Waals surface area (Å²) >= 11 is 0. The largest absolute Gasteiger partial charge is 0.480 e. The Bertz CT molecular complexity index is 146. The number of halogens is 2. The van der Waals surface area contributed by atoms with Crippen molar-refractivity contribution in [2.24, 2.45) is 5.73 Å². The third kappa shape index (κ3) is 4.77. The Labute approximate surface area is 83.9 Å². The number of likely N-dealkylation sites (tertiary alicyclic amines) is 1. The molecule has 1 aliphatic rings. The van der Waals surface area contributed by atoms with Gasteiger partial charge >= 0.3 is 5.97 Å². The molecule has 1 aliphatic heterocycles. The van der Waals surface area contributed by atoms with Gasteiger partial charge in [-0.3, -0.25) is 9.69 Å². The lowest BCUT2D eigenvalue weighted by atomic mass is 10.3. The Hall–Kier alpha value is -0.0300. The van der Waals surface area contributed by atoms with Gasteiger partial charge in [-0.15, -0.1) is 24.8 Å². The van der Waals surface area contributed by atoms with E-state index in [1.54, 1.807) is 0 Å². The minimum Gasteiger partial charge on any atom is -0.480 e. The molecule has 0 aromatic rings. The summed E-state index contributed by atoms with van der Waals surface area (Å²) < 4.78 is 0. The lowest BCUT2D eigenvalue weighted by molar-refractivity contribution is -0.138. The molecule has 0 aromatic carbocycles.